The molecule has 3 aromatic rings. The minimum absolute atomic E-state index is 0.117. The van der Waals surface area contributed by atoms with Gasteiger partial charge in [-0.15, -0.1) is 0 Å². The van der Waals surface area contributed by atoms with Crippen LogP contribution in [0.15, 0.2) is 77.0 Å². The number of rotatable bonds is 9. The molecule has 0 aliphatic rings. The molecule has 0 saturated heterocycles. The Labute approximate surface area is 181 Å². The predicted molar refractivity (Wildman–Crippen MR) is 120 cm³/mol. The number of hydrogen-bond donors (Lipinski definition) is 2. The summed E-state index contributed by atoms with van der Waals surface area (Å²) in [6.45, 7) is 2.54. The zero-order valence-corrected chi connectivity index (χ0v) is 17.7. The highest BCUT2D eigenvalue weighted by Gasteiger charge is 2.15. The van der Waals surface area contributed by atoms with E-state index in [1.807, 2.05) is 6.07 Å². The van der Waals surface area contributed by atoms with Crippen LogP contribution in [-0.4, -0.2) is 25.5 Å². The molecule has 3 rings (SSSR count). The zero-order valence-electron chi connectivity index (χ0n) is 17.7. The number of nitrogens with one attached hydrogen (secondary N) is 2. The number of ether oxygens (including phenoxy) is 1. The van der Waals surface area contributed by atoms with E-state index in [9.17, 15) is 9.59 Å². The van der Waals surface area contributed by atoms with Gasteiger partial charge in [-0.2, -0.15) is 0 Å². The smallest absolute Gasteiger partial charge is 0.267 e. The number of carbonyl (C=O) groups excluding carboxylic acids is 2. The monoisotopic (exact) mass is 418 g/mol. The molecule has 0 aliphatic heterocycles. The third kappa shape index (κ3) is 6.60. The second-order valence-corrected chi connectivity index (χ2v) is 7.10. The first-order valence-electron chi connectivity index (χ1n) is 10.1. The highest BCUT2D eigenvalue weighted by atomic mass is 16.5. The van der Waals surface area contributed by atoms with Crippen molar-refractivity contribution in [3.63, 3.8) is 0 Å². The highest BCUT2D eigenvalue weighted by molar-refractivity contribution is 6.05. The predicted octanol–water partition coefficient (Wildman–Crippen LogP) is 4.12. The maximum absolute atomic E-state index is 12.7. The van der Waals surface area contributed by atoms with Crippen molar-refractivity contribution in [2.75, 3.05) is 13.7 Å². The number of methoxy groups -OCH3 is 1. The van der Waals surface area contributed by atoms with E-state index in [0.717, 1.165) is 12.8 Å². The largest absolute Gasteiger partial charge is 0.497 e. The van der Waals surface area contributed by atoms with Crippen LogP contribution in [-0.2, 0) is 11.2 Å². The number of aryl methyl sites for hydroxylation is 2. The molecule has 0 fully saturated rings. The molecule has 0 aliphatic carbocycles. The Kier molecular flexibility index (Phi) is 7.65. The number of hydrogen-bond acceptors (Lipinski definition) is 4. The number of furan rings is 1. The van der Waals surface area contributed by atoms with Crippen LogP contribution in [0.2, 0.25) is 0 Å². The van der Waals surface area contributed by atoms with Crippen molar-refractivity contribution in [2.45, 2.75) is 19.8 Å². The summed E-state index contributed by atoms with van der Waals surface area (Å²) in [7, 11) is 1.56. The van der Waals surface area contributed by atoms with Crippen LogP contribution in [0.5, 0.6) is 5.75 Å². The van der Waals surface area contributed by atoms with Gasteiger partial charge in [0.1, 0.15) is 17.2 Å². The van der Waals surface area contributed by atoms with Crippen molar-refractivity contribution in [1.82, 2.24) is 10.6 Å². The highest BCUT2D eigenvalue weighted by Crippen LogP contribution is 2.13. The summed E-state index contributed by atoms with van der Waals surface area (Å²) >= 11 is 0. The van der Waals surface area contributed by atoms with E-state index in [1.165, 1.54) is 23.5 Å². The maximum Gasteiger partial charge on any atom is 0.267 e. The minimum Gasteiger partial charge on any atom is -0.497 e. The van der Waals surface area contributed by atoms with Gasteiger partial charge in [-0.25, -0.2) is 0 Å². The summed E-state index contributed by atoms with van der Waals surface area (Å²) in [4.78, 5) is 25.4. The molecule has 0 saturated carbocycles. The molecule has 6 nitrogen and oxygen atoms in total. The first-order chi connectivity index (χ1) is 15.0. The summed E-state index contributed by atoms with van der Waals surface area (Å²) in [5, 5.41) is 5.56. The molecule has 160 valence electrons. The van der Waals surface area contributed by atoms with Gasteiger partial charge in [0, 0.05) is 18.2 Å². The maximum atomic E-state index is 12.7. The third-order valence-corrected chi connectivity index (χ3v) is 4.69. The average molecular weight is 418 g/mol. The number of carbonyl (C=O) groups is 2. The van der Waals surface area contributed by atoms with E-state index in [4.69, 9.17) is 9.15 Å². The van der Waals surface area contributed by atoms with E-state index < -0.39 is 5.91 Å². The number of benzene rings is 2. The van der Waals surface area contributed by atoms with Gasteiger partial charge in [0.05, 0.1) is 13.4 Å². The van der Waals surface area contributed by atoms with Crippen LogP contribution >= 0.6 is 0 Å². The summed E-state index contributed by atoms with van der Waals surface area (Å²) < 4.78 is 10.4. The first kappa shape index (κ1) is 21.9. The molecule has 6 heteroatoms. The SMILES string of the molecule is COc1ccc(C(=O)N/C(=C\c2ccco2)C(=O)NCCCc2cccc(C)c2)cc1. The van der Waals surface area contributed by atoms with Crippen molar-refractivity contribution in [2.24, 2.45) is 0 Å². The lowest BCUT2D eigenvalue weighted by molar-refractivity contribution is -0.117. The molecule has 0 bridgehead atoms. The lowest BCUT2D eigenvalue weighted by atomic mass is 10.1. The van der Waals surface area contributed by atoms with Crippen LogP contribution in [0.1, 0.15) is 33.7 Å². The molecule has 1 aromatic heterocycles. The van der Waals surface area contributed by atoms with Crippen molar-refractivity contribution < 1.29 is 18.7 Å². The Bertz CT molecular complexity index is 1040. The van der Waals surface area contributed by atoms with E-state index in [0.29, 0.717) is 23.6 Å². The molecular weight excluding hydrogens is 392 g/mol. The third-order valence-electron chi connectivity index (χ3n) is 4.69. The van der Waals surface area contributed by atoms with Gasteiger partial charge in [-0.3, -0.25) is 9.59 Å². The van der Waals surface area contributed by atoms with E-state index in [2.05, 4.69) is 35.8 Å². The molecule has 0 atom stereocenters. The topological polar surface area (TPSA) is 80.6 Å². The van der Waals surface area contributed by atoms with Crippen LogP contribution < -0.4 is 15.4 Å². The molecule has 1 heterocycles. The Morgan fingerprint density at radius 1 is 1.06 bits per heavy atom. The minimum atomic E-state index is -0.393. The number of amides is 2. The van der Waals surface area contributed by atoms with E-state index in [1.54, 1.807) is 43.5 Å². The summed E-state index contributed by atoms with van der Waals surface area (Å²) in [6, 6.07) is 18.4. The Morgan fingerprint density at radius 3 is 2.55 bits per heavy atom. The fourth-order valence-corrected chi connectivity index (χ4v) is 3.07. The van der Waals surface area contributed by atoms with Crippen molar-refractivity contribution in [1.29, 1.82) is 0 Å². The molecule has 2 aromatic carbocycles. The van der Waals surface area contributed by atoms with Gasteiger partial charge in [0.25, 0.3) is 11.8 Å². The quantitative estimate of drug-likeness (QED) is 0.405. The second kappa shape index (κ2) is 10.8. The molecular formula is C25H26N2O4. The molecule has 2 N–H and O–H groups in total. The fraction of sp³-hybridized carbons (Fsp3) is 0.200. The van der Waals surface area contributed by atoms with E-state index in [-0.39, 0.29) is 11.6 Å². The Balaban J connectivity index is 1.62. The summed E-state index contributed by atoms with van der Waals surface area (Å²) in [5.41, 5.74) is 2.98. The summed E-state index contributed by atoms with van der Waals surface area (Å²) in [5.74, 6) is 0.354. The van der Waals surface area contributed by atoms with Crippen molar-refractivity contribution in [3.8, 4) is 5.75 Å². The zero-order chi connectivity index (χ0) is 22.1. The Morgan fingerprint density at radius 2 is 1.87 bits per heavy atom. The van der Waals surface area contributed by atoms with Crippen LogP contribution in [0.3, 0.4) is 0 Å². The van der Waals surface area contributed by atoms with Crippen molar-refractivity contribution in [3.05, 3.63) is 95.1 Å². The van der Waals surface area contributed by atoms with Gasteiger partial charge in [0.15, 0.2) is 0 Å². The molecule has 0 unspecified atom stereocenters. The summed E-state index contributed by atoms with van der Waals surface area (Å²) in [6.07, 6.45) is 4.67. The molecule has 2 amide bonds. The molecule has 0 radical (unpaired) electrons. The standard InChI is InChI=1S/C25H26N2O4/c1-18-6-3-7-19(16-18)8-4-14-26-25(29)23(17-22-9-5-15-31-22)27-24(28)20-10-12-21(30-2)13-11-20/h3,5-7,9-13,15-17H,4,8,14H2,1-2H3,(H,26,29)(H,27,28)/b23-17-. The van der Waals surface area contributed by atoms with Gasteiger partial charge >= 0.3 is 0 Å². The van der Waals surface area contributed by atoms with Crippen molar-refractivity contribution >= 4 is 17.9 Å². The van der Waals surface area contributed by atoms with Gasteiger partial charge in [0.2, 0.25) is 0 Å². The Hall–Kier alpha value is -3.80. The molecule has 31 heavy (non-hydrogen) atoms. The van der Waals surface area contributed by atoms with Crippen LogP contribution in [0.4, 0.5) is 0 Å². The fourth-order valence-electron chi connectivity index (χ4n) is 3.07. The lowest BCUT2D eigenvalue weighted by Crippen LogP contribution is -2.35. The molecule has 0 spiro atoms. The van der Waals surface area contributed by atoms with Crippen LogP contribution in [0.25, 0.3) is 6.08 Å². The second-order valence-electron chi connectivity index (χ2n) is 7.10. The lowest BCUT2D eigenvalue weighted by Gasteiger charge is -2.11. The normalized spacial score (nSPS) is 11.1. The first-order valence-corrected chi connectivity index (χ1v) is 10.1. The van der Waals surface area contributed by atoms with Gasteiger partial charge < -0.3 is 19.8 Å². The van der Waals surface area contributed by atoms with Gasteiger partial charge in [-0.05, 0) is 61.7 Å². The van der Waals surface area contributed by atoms with Gasteiger partial charge in [-0.1, -0.05) is 29.8 Å². The van der Waals surface area contributed by atoms with Crippen LogP contribution in [0, 0.1) is 6.92 Å². The van der Waals surface area contributed by atoms with E-state index >= 15 is 0 Å². The average Bonchev–Trinajstić information content (AvgIpc) is 3.29.